The van der Waals surface area contributed by atoms with Crippen LogP contribution in [-0.4, -0.2) is 33.2 Å². The van der Waals surface area contributed by atoms with Crippen LogP contribution in [0.1, 0.15) is 38.2 Å². The molecule has 0 bridgehead atoms. The van der Waals surface area contributed by atoms with Gasteiger partial charge in [-0.2, -0.15) is 5.10 Å². The molecule has 0 saturated heterocycles. The van der Waals surface area contributed by atoms with Crippen LogP contribution in [-0.2, 0) is 0 Å². The minimum atomic E-state index is -0.368. The van der Waals surface area contributed by atoms with Gasteiger partial charge in [0.25, 0.3) is 5.91 Å². The number of nitrogens with zero attached hydrogens (tertiary/aromatic N) is 3. The van der Waals surface area contributed by atoms with Crippen LogP contribution in [0.3, 0.4) is 0 Å². The number of para-hydroxylation sites is 1. The lowest BCUT2D eigenvalue weighted by molar-refractivity contribution is 0.0654. The Morgan fingerprint density at radius 2 is 1.95 bits per heavy atom. The van der Waals surface area contributed by atoms with Gasteiger partial charge in [-0.05, 0) is 38.0 Å². The van der Waals surface area contributed by atoms with Crippen molar-refractivity contribution in [3.63, 3.8) is 0 Å². The Balaban J connectivity index is 2.27. The Morgan fingerprint density at radius 3 is 2.55 bits per heavy atom. The van der Waals surface area contributed by atoms with E-state index in [4.69, 9.17) is 0 Å². The molecule has 0 aliphatic heterocycles. The first kappa shape index (κ1) is 16.2. The van der Waals surface area contributed by atoms with Gasteiger partial charge in [0.2, 0.25) is 0 Å². The Hall–Kier alpha value is -2.17. The first-order valence-electron chi connectivity index (χ1n) is 7.57. The molecule has 0 spiro atoms. The van der Waals surface area contributed by atoms with E-state index < -0.39 is 0 Å². The minimum Gasteiger partial charge on any atom is -0.335 e. The zero-order chi connectivity index (χ0) is 16.3. The molecule has 1 heterocycles. The van der Waals surface area contributed by atoms with E-state index in [0.29, 0.717) is 23.8 Å². The van der Waals surface area contributed by atoms with Crippen molar-refractivity contribution in [3.05, 3.63) is 48.0 Å². The number of aromatic nitrogens is 2. The molecule has 1 aromatic carbocycles. The topological polar surface area (TPSA) is 38.1 Å². The molecule has 0 fully saturated rings. The normalized spacial score (nSPS) is 12.5. The Labute approximate surface area is 130 Å². The van der Waals surface area contributed by atoms with Gasteiger partial charge in [-0.1, -0.05) is 26.0 Å². The summed E-state index contributed by atoms with van der Waals surface area (Å²) in [5.74, 6) is -0.135. The predicted molar refractivity (Wildman–Crippen MR) is 84.5 cm³/mol. The van der Waals surface area contributed by atoms with Gasteiger partial charge in [0.15, 0.2) is 5.69 Å². The summed E-state index contributed by atoms with van der Waals surface area (Å²) in [7, 11) is 0. The van der Waals surface area contributed by atoms with Crippen molar-refractivity contribution in [2.24, 2.45) is 5.92 Å². The molecule has 0 N–H and O–H groups in total. The summed E-state index contributed by atoms with van der Waals surface area (Å²) in [4.78, 5) is 14.4. The van der Waals surface area contributed by atoms with Crippen molar-refractivity contribution >= 4 is 5.91 Å². The number of carbonyl (C=O) groups excluding carboxylic acids is 1. The molecule has 0 aliphatic rings. The minimum absolute atomic E-state index is 0.121. The first-order valence-corrected chi connectivity index (χ1v) is 7.57. The molecule has 1 aromatic heterocycles. The van der Waals surface area contributed by atoms with Gasteiger partial charge in [0, 0.05) is 18.8 Å². The van der Waals surface area contributed by atoms with E-state index in [2.05, 4.69) is 18.9 Å². The van der Waals surface area contributed by atoms with E-state index in [9.17, 15) is 9.18 Å². The molecule has 1 unspecified atom stereocenters. The lowest BCUT2D eigenvalue weighted by atomic mass is 10.0. The van der Waals surface area contributed by atoms with Crippen molar-refractivity contribution in [3.8, 4) is 5.69 Å². The number of rotatable bonds is 5. The van der Waals surface area contributed by atoms with Crippen LogP contribution in [0.2, 0.25) is 0 Å². The van der Waals surface area contributed by atoms with Crippen LogP contribution in [0.5, 0.6) is 0 Å². The number of carbonyl (C=O) groups is 1. The van der Waals surface area contributed by atoms with Crippen molar-refractivity contribution in [2.75, 3.05) is 6.54 Å². The SMILES string of the molecule is CCN(C(=O)c1ccn(-c2ccccc2F)n1)C(C)C(C)C. The third-order valence-corrected chi connectivity index (χ3v) is 3.97. The zero-order valence-electron chi connectivity index (χ0n) is 13.5. The van der Waals surface area contributed by atoms with Crippen molar-refractivity contribution in [1.29, 1.82) is 0 Å². The van der Waals surface area contributed by atoms with Gasteiger partial charge >= 0.3 is 0 Å². The summed E-state index contributed by atoms with van der Waals surface area (Å²) in [5.41, 5.74) is 0.666. The fourth-order valence-corrected chi connectivity index (χ4v) is 2.33. The molecular weight excluding hydrogens is 281 g/mol. The van der Waals surface area contributed by atoms with E-state index in [1.807, 2.05) is 13.8 Å². The summed E-state index contributed by atoms with van der Waals surface area (Å²) in [6, 6.07) is 8.11. The van der Waals surface area contributed by atoms with Crippen LogP contribution < -0.4 is 0 Å². The zero-order valence-corrected chi connectivity index (χ0v) is 13.5. The van der Waals surface area contributed by atoms with Gasteiger partial charge < -0.3 is 4.90 Å². The highest BCUT2D eigenvalue weighted by Gasteiger charge is 2.24. The maximum Gasteiger partial charge on any atom is 0.274 e. The molecule has 1 atom stereocenters. The van der Waals surface area contributed by atoms with Crippen LogP contribution in [0, 0.1) is 11.7 Å². The van der Waals surface area contributed by atoms with Crippen molar-refractivity contribution < 1.29 is 9.18 Å². The molecule has 2 aromatic rings. The molecule has 1 amide bonds. The Kier molecular flexibility index (Phi) is 4.96. The number of benzene rings is 1. The smallest absolute Gasteiger partial charge is 0.274 e. The predicted octanol–water partition coefficient (Wildman–Crippen LogP) is 3.52. The number of hydrogen-bond donors (Lipinski definition) is 0. The summed E-state index contributed by atoms with van der Waals surface area (Å²) in [6.07, 6.45) is 1.61. The van der Waals surface area contributed by atoms with Crippen molar-refractivity contribution in [1.82, 2.24) is 14.7 Å². The van der Waals surface area contributed by atoms with E-state index in [-0.39, 0.29) is 17.8 Å². The maximum atomic E-state index is 13.8. The van der Waals surface area contributed by atoms with Crippen LogP contribution in [0.25, 0.3) is 5.69 Å². The highest BCUT2D eigenvalue weighted by Crippen LogP contribution is 2.16. The molecule has 0 radical (unpaired) electrons. The van der Waals surface area contributed by atoms with Gasteiger partial charge in [0.1, 0.15) is 11.5 Å². The first-order chi connectivity index (χ1) is 10.5. The van der Waals surface area contributed by atoms with Crippen LogP contribution in [0.4, 0.5) is 4.39 Å². The molecule has 0 aliphatic carbocycles. The second-order valence-electron chi connectivity index (χ2n) is 5.67. The van der Waals surface area contributed by atoms with Crippen LogP contribution in [0.15, 0.2) is 36.5 Å². The second-order valence-corrected chi connectivity index (χ2v) is 5.67. The highest BCUT2D eigenvalue weighted by atomic mass is 19.1. The molecule has 4 nitrogen and oxygen atoms in total. The van der Waals surface area contributed by atoms with Gasteiger partial charge in [0.05, 0.1) is 0 Å². The molecule has 0 saturated carbocycles. The van der Waals surface area contributed by atoms with E-state index in [0.717, 1.165) is 0 Å². The molecule has 118 valence electrons. The number of amides is 1. The van der Waals surface area contributed by atoms with E-state index in [1.165, 1.54) is 10.7 Å². The summed E-state index contributed by atoms with van der Waals surface area (Å²) < 4.78 is 15.2. The molecule has 22 heavy (non-hydrogen) atoms. The average molecular weight is 303 g/mol. The summed E-state index contributed by atoms with van der Waals surface area (Å²) in [5, 5.41) is 4.24. The monoisotopic (exact) mass is 303 g/mol. The third-order valence-electron chi connectivity index (χ3n) is 3.97. The van der Waals surface area contributed by atoms with Gasteiger partial charge in [-0.25, -0.2) is 9.07 Å². The van der Waals surface area contributed by atoms with E-state index in [1.54, 1.807) is 35.4 Å². The number of hydrogen-bond acceptors (Lipinski definition) is 2. The standard InChI is InChI=1S/C17H22FN3O/c1-5-20(13(4)12(2)3)17(22)15-10-11-21(19-15)16-9-7-6-8-14(16)18/h6-13H,5H2,1-4H3. The third kappa shape index (κ3) is 3.18. The lowest BCUT2D eigenvalue weighted by Gasteiger charge is -2.30. The second kappa shape index (κ2) is 6.73. The molecule has 2 rings (SSSR count). The van der Waals surface area contributed by atoms with Crippen molar-refractivity contribution in [2.45, 2.75) is 33.7 Å². The fourth-order valence-electron chi connectivity index (χ4n) is 2.33. The fraction of sp³-hybridized carbons (Fsp3) is 0.412. The molecule has 5 heteroatoms. The summed E-state index contributed by atoms with van der Waals surface area (Å²) in [6.45, 7) is 8.76. The average Bonchev–Trinajstić information content (AvgIpc) is 2.97. The Morgan fingerprint density at radius 1 is 1.27 bits per heavy atom. The molecular formula is C17H22FN3O. The lowest BCUT2D eigenvalue weighted by Crippen LogP contribution is -2.41. The number of halogens is 1. The summed E-state index contributed by atoms with van der Waals surface area (Å²) >= 11 is 0. The largest absolute Gasteiger partial charge is 0.335 e. The maximum absolute atomic E-state index is 13.8. The van der Waals surface area contributed by atoms with Gasteiger partial charge in [-0.15, -0.1) is 0 Å². The van der Waals surface area contributed by atoms with Crippen LogP contribution >= 0.6 is 0 Å². The Bertz CT molecular complexity index is 651. The van der Waals surface area contributed by atoms with Gasteiger partial charge in [-0.3, -0.25) is 4.79 Å². The van der Waals surface area contributed by atoms with E-state index >= 15 is 0 Å². The highest BCUT2D eigenvalue weighted by molar-refractivity contribution is 5.92. The quantitative estimate of drug-likeness (QED) is 0.847.